The van der Waals surface area contributed by atoms with E-state index in [2.05, 4.69) is 10.3 Å². The van der Waals surface area contributed by atoms with Gasteiger partial charge in [0.05, 0.1) is 18.2 Å². The summed E-state index contributed by atoms with van der Waals surface area (Å²) in [4.78, 5) is 28.1. The molecule has 0 aliphatic carbocycles. The molecule has 7 heteroatoms. The molecule has 1 heterocycles. The highest BCUT2D eigenvalue weighted by molar-refractivity contribution is 6.17. The number of nitrogens with one attached hydrogen (secondary N) is 1. The van der Waals surface area contributed by atoms with Crippen molar-refractivity contribution in [1.29, 1.82) is 0 Å². The van der Waals surface area contributed by atoms with Gasteiger partial charge < -0.3 is 15.2 Å². The quantitative estimate of drug-likeness (QED) is 0.620. The smallest absolute Gasteiger partial charge is 0.405 e. The van der Waals surface area contributed by atoms with Gasteiger partial charge in [0.2, 0.25) is 5.88 Å². The van der Waals surface area contributed by atoms with Crippen LogP contribution in [-0.2, 0) is 0 Å². The number of ether oxygens (including phenoxy) is 1. The first kappa shape index (κ1) is 19.3. The van der Waals surface area contributed by atoms with E-state index in [9.17, 15) is 9.59 Å². The zero-order valence-corrected chi connectivity index (χ0v) is 15.4. The number of carboxylic acid groups (broad SMARTS) is 1. The largest absolute Gasteiger partial charge is 0.478 e. The molecule has 1 amide bonds. The van der Waals surface area contributed by atoms with E-state index in [0.29, 0.717) is 28.8 Å². The Labute approximate surface area is 161 Å². The van der Waals surface area contributed by atoms with Gasteiger partial charge in [-0.3, -0.25) is 4.79 Å². The van der Waals surface area contributed by atoms with Gasteiger partial charge in [-0.05, 0) is 37.4 Å². The highest BCUT2D eigenvalue weighted by Gasteiger charge is 2.22. The summed E-state index contributed by atoms with van der Waals surface area (Å²) in [6.45, 7) is 3.77. The predicted octanol–water partition coefficient (Wildman–Crippen LogP) is 4.33. The van der Waals surface area contributed by atoms with Crippen LogP contribution in [0.1, 0.15) is 41.4 Å². The van der Waals surface area contributed by atoms with E-state index in [-0.39, 0.29) is 11.1 Å². The maximum Gasteiger partial charge on any atom is 0.405 e. The van der Waals surface area contributed by atoms with Crippen LogP contribution in [0, 0.1) is 5.82 Å². The molecule has 0 saturated carbocycles. The second-order valence-corrected chi connectivity index (χ2v) is 6.16. The van der Waals surface area contributed by atoms with Gasteiger partial charge in [0.15, 0.2) is 5.78 Å². The monoisotopic (exact) mass is 382 g/mol. The Kier molecular flexibility index (Phi) is 5.54. The lowest BCUT2D eigenvalue weighted by Gasteiger charge is -2.15. The van der Waals surface area contributed by atoms with E-state index in [1.54, 1.807) is 24.3 Å². The summed E-state index contributed by atoms with van der Waals surface area (Å²) in [6.07, 6.45) is 0.268. The zero-order valence-electron chi connectivity index (χ0n) is 15.4. The summed E-state index contributed by atoms with van der Waals surface area (Å²) < 4.78 is 20.5. The topological polar surface area (TPSA) is 88.5 Å². The molecule has 0 radical (unpaired) electrons. The Morgan fingerprint density at radius 3 is 2.57 bits per heavy atom. The number of ketones is 1. The van der Waals surface area contributed by atoms with E-state index in [4.69, 9.17) is 9.84 Å². The normalized spacial score (nSPS) is 11.8. The zero-order chi connectivity index (χ0) is 20.3. The molecule has 144 valence electrons. The van der Waals surface area contributed by atoms with Gasteiger partial charge in [-0.1, -0.05) is 24.3 Å². The van der Waals surface area contributed by atoms with E-state index in [1.165, 1.54) is 31.3 Å². The summed E-state index contributed by atoms with van der Waals surface area (Å²) >= 11 is 0. The maximum absolute atomic E-state index is 15.0. The van der Waals surface area contributed by atoms with Crippen LogP contribution in [-0.4, -0.2) is 28.6 Å². The van der Waals surface area contributed by atoms with Crippen molar-refractivity contribution in [2.24, 2.45) is 0 Å². The number of hydrogen-bond donors (Lipinski definition) is 2. The molecule has 6 nitrogen and oxygen atoms in total. The third-order valence-electron chi connectivity index (χ3n) is 4.37. The SMILES string of the molecule is CCOc1nccc2c(C(=O)c3cccc(C(C)NC(=O)O)c3F)cccc12. The predicted molar refractivity (Wildman–Crippen MR) is 102 cm³/mol. The van der Waals surface area contributed by atoms with Crippen molar-refractivity contribution in [3.63, 3.8) is 0 Å². The highest BCUT2D eigenvalue weighted by Crippen LogP contribution is 2.29. The fraction of sp³-hybridized carbons (Fsp3) is 0.190. The number of fused-ring (bicyclic) bond motifs is 1. The molecule has 0 spiro atoms. The van der Waals surface area contributed by atoms with E-state index >= 15 is 4.39 Å². The Bertz CT molecular complexity index is 1050. The molecular weight excluding hydrogens is 363 g/mol. The average Bonchev–Trinajstić information content (AvgIpc) is 2.67. The molecule has 0 bridgehead atoms. The van der Waals surface area contributed by atoms with Crippen molar-refractivity contribution in [2.45, 2.75) is 19.9 Å². The molecule has 2 aromatic carbocycles. The number of nitrogens with zero attached hydrogens (tertiary/aromatic N) is 1. The van der Waals surface area contributed by atoms with Crippen molar-refractivity contribution in [1.82, 2.24) is 10.3 Å². The lowest BCUT2D eigenvalue weighted by molar-refractivity contribution is 0.103. The number of carbonyl (C=O) groups excluding carboxylic acids is 1. The van der Waals surface area contributed by atoms with Crippen molar-refractivity contribution in [2.75, 3.05) is 6.61 Å². The summed E-state index contributed by atoms with van der Waals surface area (Å²) in [7, 11) is 0. The van der Waals surface area contributed by atoms with Gasteiger partial charge in [-0.25, -0.2) is 14.2 Å². The highest BCUT2D eigenvalue weighted by atomic mass is 19.1. The molecule has 0 saturated heterocycles. The van der Waals surface area contributed by atoms with Gasteiger partial charge in [-0.15, -0.1) is 0 Å². The second kappa shape index (κ2) is 8.04. The Balaban J connectivity index is 2.08. The van der Waals surface area contributed by atoms with Crippen molar-refractivity contribution < 1.29 is 23.8 Å². The number of halogens is 1. The van der Waals surface area contributed by atoms with Gasteiger partial charge in [0, 0.05) is 22.7 Å². The maximum atomic E-state index is 15.0. The molecule has 1 aromatic heterocycles. The lowest BCUT2D eigenvalue weighted by atomic mass is 9.95. The van der Waals surface area contributed by atoms with Gasteiger partial charge in [-0.2, -0.15) is 0 Å². The first-order valence-electron chi connectivity index (χ1n) is 8.77. The summed E-state index contributed by atoms with van der Waals surface area (Å²) in [5.41, 5.74) is 0.291. The molecule has 0 fully saturated rings. The van der Waals surface area contributed by atoms with Crippen LogP contribution in [0.5, 0.6) is 5.88 Å². The summed E-state index contributed by atoms with van der Waals surface area (Å²) in [6, 6.07) is 10.3. The average molecular weight is 382 g/mol. The van der Waals surface area contributed by atoms with Crippen LogP contribution in [0.15, 0.2) is 48.7 Å². The molecular formula is C21H19FN2O4. The van der Waals surface area contributed by atoms with Crippen LogP contribution >= 0.6 is 0 Å². The number of carbonyl (C=O) groups is 2. The van der Waals surface area contributed by atoms with Gasteiger partial charge in [0.25, 0.3) is 0 Å². The Morgan fingerprint density at radius 1 is 1.14 bits per heavy atom. The molecule has 3 aromatic rings. The number of amides is 1. The van der Waals surface area contributed by atoms with E-state index < -0.39 is 23.7 Å². The fourth-order valence-corrected chi connectivity index (χ4v) is 3.10. The van der Waals surface area contributed by atoms with Gasteiger partial charge in [0.1, 0.15) is 5.82 Å². The summed E-state index contributed by atoms with van der Waals surface area (Å²) in [5, 5.41) is 12.3. The number of pyridine rings is 1. The van der Waals surface area contributed by atoms with Crippen molar-refractivity contribution in [3.05, 3.63) is 71.2 Å². The minimum atomic E-state index is -1.27. The van der Waals surface area contributed by atoms with E-state index in [0.717, 1.165) is 0 Å². The molecule has 1 unspecified atom stereocenters. The second-order valence-electron chi connectivity index (χ2n) is 6.16. The fourth-order valence-electron chi connectivity index (χ4n) is 3.10. The Hall–Kier alpha value is -3.48. The van der Waals surface area contributed by atoms with Crippen molar-refractivity contribution in [3.8, 4) is 5.88 Å². The number of hydrogen-bond acceptors (Lipinski definition) is 4. The number of benzene rings is 2. The van der Waals surface area contributed by atoms with E-state index in [1.807, 2.05) is 6.92 Å². The number of aromatic nitrogens is 1. The minimum absolute atomic E-state index is 0.102. The molecule has 1 atom stereocenters. The van der Waals surface area contributed by atoms with Crippen LogP contribution in [0.25, 0.3) is 10.8 Å². The molecule has 2 N–H and O–H groups in total. The van der Waals surface area contributed by atoms with Crippen LogP contribution in [0.3, 0.4) is 0 Å². The van der Waals surface area contributed by atoms with Crippen molar-refractivity contribution >= 4 is 22.6 Å². The third-order valence-corrected chi connectivity index (χ3v) is 4.37. The third kappa shape index (κ3) is 3.64. The van der Waals surface area contributed by atoms with Crippen LogP contribution < -0.4 is 10.1 Å². The molecule has 28 heavy (non-hydrogen) atoms. The molecule has 0 aliphatic rings. The first-order chi connectivity index (χ1) is 13.4. The minimum Gasteiger partial charge on any atom is -0.478 e. The first-order valence-corrected chi connectivity index (χ1v) is 8.77. The van der Waals surface area contributed by atoms with Crippen LogP contribution in [0.2, 0.25) is 0 Å². The van der Waals surface area contributed by atoms with Crippen LogP contribution in [0.4, 0.5) is 9.18 Å². The Morgan fingerprint density at radius 2 is 1.86 bits per heavy atom. The summed E-state index contributed by atoms with van der Waals surface area (Å²) in [5.74, 6) is -0.839. The lowest BCUT2D eigenvalue weighted by Crippen LogP contribution is -2.25. The number of rotatable bonds is 6. The molecule has 0 aliphatic heterocycles. The standard InChI is InChI=1S/C21H19FN2O4/c1-3-28-20-16-8-5-7-15(14(16)10-11-23-20)19(25)17-9-4-6-13(18(17)22)12(2)24-21(26)27/h4-12,24H,3H2,1-2H3,(H,26,27). The molecule has 3 rings (SSSR count). The van der Waals surface area contributed by atoms with Gasteiger partial charge >= 0.3 is 6.09 Å².